The van der Waals surface area contributed by atoms with Crippen LogP contribution < -0.4 is 0 Å². The van der Waals surface area contributed by atoms with Gasteiger partial charge in [0.15, 0.2) is 10.7 Å². The second-order valence-electron chi connectivity index (χ2n) is 10.5. The first-order chi connectivity index (χ1) is 17.6. The van der Waals surface area contributed by atoms with E-state index in [1.54, 1.807) is 13.0 Å². The molecule has 0 aliphatic carbocycles. The number of carbonyl (C=O) groups excluding carboxylic acids is 1. The van der Waals surface area contributed by atoms with Crippen molar-refractivity contribution in [2.75, 3.05) is 45.8 Å². The van der Waals surface area contributed by atoms with Gasteiger partial charge in [-0.25, -0.2) is 8.42 Å². The number of hydrogen-bond acceptors (Lipinski definition) is 6. The monoisotopic (exact) mass is 528 g/mol. The number of rotatable bonds is 7. The van der Waals surface area contributed by atoms with Crippen molar-refractivity contribution in [2.24, 2.45) is 5.92 Å². The maximum absolute atomic E-state index is 13.8. The van der Waals surface area contributed by atoms with Crippen LogP contribution in [0.15, 0.2) is 21.6 Å². The average molecular weight is 529 g/mol. The van der Waals surface area contributed by atoms with Crippen LogP contribution >= 0.6 is 0 Å². The van der Waals surface area contributed by atoms with Gasteiger partial charge in [-0.3, -0.25) is 9.69 Å². The molecule has 202 valence electrons. The van der Waals surface area contributed by atoms with Crippen LogP contribution in [-0.4, -0.2) is 79.4 Å². The third kappa shape index (κ3) is 5.99. The predicted octanol–water partition coefficient (Wildman–Crippen LogP) is 4.03. The maximum atomic E-state index is 13.8. The highest BCUT2D eigenvalue weighted by molar-refractivity contribution is 7.89. The zero-order valence-corrected chi connectivity index (χ0v) is 23.6. The molecule has 1 amide bonds. The number of benzene rings is 1. The van der Waals surface area contributed by atoms with Gasteiger partial charge in [0.25, 0.3) is 0 Å². The number of amides is 1. The van der Waals surface area contributed by atoms with E-state index in [1.165, 1.54) is 9.87 Å². The van der Waals surface area contributed by atoms with E-state index >= 15 is 0 Å². The standard InChI is InChI=1S/C28H40N4O4S/c1-6-11-30-13-15-31(16-14-30)28(33)24-8-7-12-32(19-24)37(34,35)27-23(5)29-36-26(27)10-9-25-21(3)17-20(2)18-22(25)4/h9-10,17-18,24H,6-8,11-16,19H2,1-5H3/b10-9+/t24-/m0/s1. The molecule has 37 heavy (non-hydrogen) atoms. The molecule has 1 aromatic heterocycles. The Morgan fingerprint density at radius 1 is 1.05 bits per heavy atom. The van der Waals surface area contributed by atoms with E-state index < -0.39 is 10.0 Å². The van der Waals surface area contributed by atoms with E-state index in [2.05, 4.69) is 36.0 Å². The van der Waals surface area contributed by atoms with Crippen molar-refractivity contribution in [3.8, 4) is 0 Å². The molecule has 8 nitrogen and oxygen atoms in total. The summed E-state index contributed by atoms with van der Waals surface area (Å²) >= 11 is 0. The van der Waals surface area contributed by atoms with Crippen molar-refractivity contribution in [1.82, 2.24) is 19.3 Å². The van der Waals surface area contributed by atoms with Crippen LogP contribution in [0.5, 0.6) is 0 Å². The number of aromatic nitrogens is 1. The molecule has 2 aromatic rings. The van der Waals surface area contributed by atoms with Crippen molar-refractivity contribution in [3.63, 3.8) is 0 Å². The summed E-state index contributed by atoms with van der Waals surface area (Å²) in [5.74, 6) is -0.0285. The molecule has 1 aromatic carbocycles. The minimum atomic E-state index is -3.88. The molecule has 0 unspecified atom stereocenters. The summed E-state index contributed by atoms with van der Waals surface area (Å²) in [6.45, 7) is 14.8. The first kappa shape index (κ1) is 27.5. The summed E-state index contributed by atoms with van der Waals surface area (Å²) < 4.78 is 34.5. The van der Waals surface area contributed by atoms with Crippen molar-refractivity contribution < 1.29 is 17.7 Å². The normalized spacial score (nSPS) is 20.1. The third-order valence-electron chi connectivity index (χ3n) is 7.53. The van der Waals surface area contributed by atoms with Crippen LogP contribution in [0, 0.1) is 33.6 Å². The molecule has 0 N–H and O–H groups in total. The second kappa shape index (κ2) is 11.5. The minimum absolute atomic E-state index is 0.0727. The van der Waals surface area contributed by atoms with E-state index in [0.717, 1.165) is 42.7 Å². The maximum Gasteiger partial charge on any atom is 0.248 e. The number of piperidine rings is 1. The largest absolute Gasteiger partial charge is 0.355 e. The molecule has 2 aliphatic heterocycles. The predicted molar refractivity (Wildman–Crippen MR) is 146 cm³/mol. The number of sulfonamides is 1. The van der Waals surface area contributed by atoms with Gasteiger partial charge >= 0.3 is 0 Å². The van der Waals surface area contributed by atoms with Gasteiger partial charge in [-0.05, 0) is 76.3 Å². The lowest BCUT2D eigenvalue weighted by molar-refractivity contribution is -0.138. The minimum Gasteiger partial charge on any atom is -0.355 e. The fourth-order valence-corrected chi connectivity index (χ4v) is 7.44. The van der Waals surface area contributed by atoms with E-state index in [4.69, 9.17) is 4.52 Å². The summed E-state index contributed by atoms with van der Waals surface area (Å²) in [4.78, 5) is 17.7. The molecule has 0 spiro atoms. The third-order valence-corrected chi connectivity index (χ3v) is 9.55. The first-order valence-corrected chi connectivity index (χ1v) is 14.8. The molecule has 3 heterocycles. The summed E-state index contributed by atoms with van der Waals surface area (Å²) in [7, 11) is -3.88. The fraction of sp³-hybridized carbons (Fsp3) is 0.571. The molecule has 9 heteroatoms. The number of piperazine rings is 1. The van der Waals surface area contributed by atoms with Crippen LogP contribution in [-0.2, 0) is 14.8 Å². The van der Waals surface area contributed by atoms with Crippen molar-refractivity contribution in [3.05, 3.63) is 45.8 Å². The van der Waals surface area contributed by atoms with E-state index in [-0.39, 0.29) is 29.0 Å². The molecule has 1 atom stereocenters. The van der Waals surface area contributed by atoms with Gasteiger partial charge in [-0.1, -0.05) is 35.9 Å². The van der Waals surface area contributed by atoms with Crippen molar-refractivity contribution in [2.45, 2.75) is 58.8 Å². The lowest BCUT2D eigenvalue weighted by Crippen LogP contribution is -2.53. The molecule has 2 saturated heterocycles. The Morgan fingerprint density at radius 2 is 1.73 bits per heavy atom. The number of aryl methyl sites for hydroxylation is 4. The zero-order valence-electron chi connectivity index (χ0n) is 22.8. The Morgan fingerprint density at radius 3 is 2.38 bits per heavy atom. The van der Waals surface area contributed by atoms with Gasteiger partial charge in [0.05, 0.1) is 5.92 Å². The molecule has 0 saturated carbocycles. The van der Waals surface area contributed by atoms with Crippen LogP contribution in [0.25, 0.3) is 12.2 Å². The molecule has 2 aliphatic rings. The topological polar surface area (TPSA) is 87.0 Å². The van der Waals surface area contributed by atoms with Gasteiger partial charge in [-0.15, -0.1) is 0 Å². The van der Waals surface area contributed by atoms with Crippen LogP contribution in [0.1, 0.15) is 59.9 Å². The first-order valence-electron chi connectivity index (χ1n) is 13.3. The van der Waals surface area contributed by atoms with Gasteiger partial charge in [0.1, 0.15) is 5.69 Å². The Kier molecular flexibility index (Phi) is 8.56. The van der Waals surface area contributed by atoms with E-state index in [1.807, 2.05) is 24.8 Å². The summed E-state index contributed by atoms with van der Waals surface area (Å²) in [6, 6.07) is 4.20. The second-order valence-corrected chi connectivity index (χ2v) is 12.4. The van der Waals surface area contributed by atoms with E-state index in [9.17, 15) is 13.2 Å². The smallest absolute Gasteiger partial charge is 0.248 e. The average Bonchev–Trinajstić information content (AvgIpc) is 3.24. The molecule has 0 bridgehead atoms. The van der Waals surface area contributed by atoms with E-state index in [0.29, 0.717) is 38.2 Å². The number of hydrogen-bond donors (Lipinski definition) is 0. The lowest BCUT2D eigenvalue weighted by atomic mass is 9.98. The Labute approximate surface area is 221 Å². The quantitative estimate of drug-likeness (QED) is 0.539. The summed E-state index contributed by atoms with van der Waals surface area (Å²) in [5.41, 5.74) is 4.77. The van der Waals surface area contributed by atoms with Crippen LogP contribution in [0.4, 0.5) is 0 Å². The molecular formula is C28H40N4O4S. The number of carbonyl (C=O) groups is 1. The lowest BCUT2D eigenvalue weighted by Gasteiger charge is -2.38. The Balaban J connectivity index is 1.51. The molecular weight excluding hydrogens is 488 g/mol. The van der Waals surface area contributed by atoms with Gasteiger partial charge < -0.3 is 9.42 Å². The van der Waals surface area contributed by atoms with Gasteiger partial charge in [0.2, 0.25) is 15.9 Å². The number of nitrogens with zero attached hydrogens (tertiary/aromatic N) is 4. The highest BCUT2D eigenvalue weighted by Crippen LogP contribution is 2.30. The molecule has 2 fully saturated rings. The Bertz CT molecular complexity index is 1240. The van der Waals surface area contributed by atoms with Crippen LogP contribution in [0.3, 0.4) is 0 Å². The van der Waals surface area contributed by atoms with Crippen molar-refractivity contribution >= 4 is 28.1 Å². The fourth-order valence-electron chi connectivity index (χ4n) is 5.67. The highest BCUT2D eigenvalue weighted by Gasteiger charge is 2.38. The van der Waals surface area contributed by atoms with Crippen LogP contribution in [0.2, 0.25) is 0 Å². The van der Waals surface area contributed by atoms with Gasteiger partial charge in [0, 0.05) is 39.3 Å². The van der Waals surface area contributed by atoms with Gasteiger partial charge in [-0.2, -0.15) is 4.31 Å². The van der Waals surface area contributed by atoms with Crippen molar-refractivity contribution in [1.29, 1.82) is 0 Å². The zero-order chi connectivity index (χ0) is 26.7. The highest BCUT2D eigenvalue weighted by atomic mass is 32.2. The summed E-state index contributed by atoms with van der Waals surface area (Å²) in [5, 5.41) is 3.99. The SMILES string of the molecule is CCCN1CCN(C(=O)[C@H]2CCCN(S(=O)(=O)c3c(C)noc3/C=C/c3c(C)cc(C)cc3C)C2)CC1. The molecule has 4 rings (SSSR count). The molecule has 0 radical (unpaired) electrons. The summed E-state index contributed by atoms with van der Waals surface area (Å²) in [6.07, 6.45) is 6.06. The Hall–Kier alpha value is -2.49.